The molecule has 0 amide bonds. The van der Waals surface area contributed by atoms with Crippen LogP contribution >= 0.6 is 11.6 Å². The van der Waals surface area contributed by atoms with E-state index in [4.69, 9.17) is 22.1 Å². The van der Waals surface area contributed by atoms with E-state index >= 15 is 0 Å². The second kappa shape index (κ2) is 5.59. The van der Waals surface area contributed by atoms with Gasteiger partial charge in [-0.2, -0.15) is 0 Å². The molecule has 0 unspecified atom stereocenters. The fourth-order valence-electron chi connectivity index (χ4n) is 2.63. The van der Waals surface area contributed by atoms with Crippen molar-refractivity contribution in [1.82, 2.24) is 0 Å². The van der Waals surface area contributed by atoms with Crippen molar-refractivity contribution >= 4 is 28.9 Å². The highest BCUT2D eigenvalue weighted by Gasteiger charge is 2.35. The van der Waals surface area contributed by atoms with E-state index in [0.717, 1.165) is 6.42 Å². The van der Waals surface area contributed by atoms with Gasteiger partial charge in [0.15, 0.2) is 11.6 Å². The summed E-state index contributed by atoms with van der Waals surface area (Å²) in [5.41, 5.74) is 6.32. The summed E-state index contributed by atoms with van der Waals surface area (Å²) in [7, 11) is 0. The Morgan fingerprint density at radius 3 is 2.52 bits per heavy atom. The number of hydrogen-bond acceptors (Lipinski definition) is 5. The number of halogens is 1. The van der Waals surface area contributed by atoms with Crippen molar-refractivity contribution in [2.24, 2.45) is 0 Å². The number of ether oxygens (including phenoxy) is 1. The predicted octanol–water partition coefficient (Wildman–Crippen LogP) is 3.19. The van der Waals surface area contributed by atoms with Gasteiger partial charge in [-0.25, -0.2) is 0 Å². The zero-order valence-electron chi connectivity index (χ0n) is 12.4. The van der Waals surface area contributed by atoms with E-state index in [1.165, 1.54) is 24.3 Å². The van der Waals surface area contributed by atoms with E-state index in [1.54, 1.807) is 0 Å². The van der Waals surface area contributed by atoms with Gasteiger partial charge in [0.25, 0.3) is 0 Å². The van der Waals surface area contributed by atoms with Crippen molar-refractivity contribution in [3.05, 3.63) is 51.5 Å². The van der Waals surface area contributed by atoms with Crippen LogP contribution in [0.25, 0.3) is 0 Å². The molecule has 1 aliphatic rings. The lowest BCUT2D eigenvalue weighted by Crippen LogP contribution is -2.23. The molecule has 118 valence electrons. The summed E-state index contributed by atoms with van der Waals surface area (Å²) < 4.78 is 5.45. The third-order valence-electron chi connectivity index (χ3n) is 3.70. The van der Waals surface area contributed by atoms with Gasteiger partial charge in [-0.3, -0.25) is 9.59 Å². The minimum absolute atomic E-state index is 0.0316. The van der Waals surface area contributed by atoms with Crippen LogP contribution in [0.4, 0.5) is 5.69 Å². The number of carbonyl (C=O) groups excluding carboxylic acids is 2. The maximum Gasteiger partial charge on any atom is 0.198 e. The number of benzene rings is 2. The number of aromatic hydroxyl groups is 1. The number of nitrogens with two attached hydrogens (primary N) is 1. The molecule has 0 saturated carbocycles. The Morgan fingerprint density at radius 1 is 1.13 bits per heavy atom. The Labute approximate surface area is 137 Å². The highest BCUT2D eigenvalue weighted by molar-refractivity contribution is 6.34. The number of anilines is 1. The van der Waals surface area contributed by atoms with Crippen LogP contribution in [-0.2, 0) is 0 Å². The predicted molar refractivity (Wildman–Crippen MR) is 86.6 cm³/mol. The molecule has 2 aromatic carbocycles. The average Bonchev–Trinajstić information content (AvgIpc) is 2.52. The van der Waals surface area contributed by atoms with Crippen molar-refractivity contribution in [1.29, 1.82) is 0 Å². The summed E-state index contributed by atoms with van der Waals surface area (Å²) in [6, 6.07) is 5.69. The van der Waals surface area contributed by atoms with E-state index in [9.17, 15) is 14.7 Å². The molecule has 6 heteroatoms. The average molecular weight is 332 g/mol. The molecule has 0 aliphatic heterocycles. The van der Waals surface area contributed by atoms with Crippen LogP contribution in [0.1, 0.15) is 45.2 Å². The van der Waals surface area contributed by atoms with E-state index in [0.29, 0.717) is 11.6 Å². The number of ketones is 2. The molecule has 2 aromatic rings. The van der Waals surface area contributed by atoms with Gasteiger partial charge in [0, 0.05) is 22.2 Å². The Bertz CT molecular complexity index is 845. The maximum absolute atomic E-state index is 12.7. The standard InChI is InChI=1S/C17H14ClNO4/c1-2-5-23-12-7-11(20)13-14(15(12)19)17(22)10-6-8(18)3-4-9(10)16(13)21/h3-4,6-7,20H,2,5,19H2,1H3. The van der Waals surface area contributed by atoms with E-state index < -0.39 is 11.6 Å². The summed E-state index contributed by atoms with van der Waals surface area (Å²) in [5.74, 6) is -1.04. The minimum Gasteiger partial charge on any atom is -0.507 e. The van der Waals surface area contributed by atoms with Crippen LogP contribution < -0.4 is 10.5 Å². The molecule has 0 fully saturated rings. The lowest BCUT2D eigenvalue weighted by molar-refractivity contribution is 0.0977. The van der Waals surface area contributed by atoms with Gasteiger partial charge in [-0.1, -0.05) is 18.5 Å². The molecule has 1 aliphatic carbocycles. The normalized spacial score (nSPS) is 12.8. The van der Waals surface area contributed by atoms with Gasteiger partial charge in [0.1, 0.15) is 11.5 Å². The molecule has 0 heterocycles. The topological polar surface area (TPSA) is 89.6 Å². The van der Waals surface area contributed by atoms with Crippen molar-refractivity contribution in [3.63, 3.8) is 0 Å². The Kier molecular flexibility index (Phi) is 3.74. The van der Waals surface area contributed by atoms with E-state index in [-0.39, 0.29) is 39.4 Å². The first-order chi connectivity index (χ1) is 11.0. The van der Waals surface area contributed by atoms with Gasteiger partial charge in [0.05, 0.1) is 23.4 Å². The largest absolute Gasteiger partial charge is 0.507 e. The first kappa shape index (κ1) is 15.4. The highest BCUT2D eigenvalue weighted by Crippen LogP contribution is 2.41. The van der Waals surface area contributed by atoms with Gasteiger partial charge < -0.3 is 15.6 Å². The number of phenolic OH excluding ortho intramolecular Hbond substituents is 1. The Balaban J connectivity index is 2.25. The molecule has 0 aromatic heterocycles. The van der Waals surface area contributed by atoms with E-state index in [2.05, 4.69) is 0 Å². The van der Waals surface area contributed by atoms with Crippen LogP contribution in [0.2, 0.25) is 5.02 Å². The molecule has 0 saturated heterocycles. The number of fused-ring (bicyclic) bond motifs is 2. The lowest BCUT2D eigenvalue weighted by Gasteiger charge is -2.21. The third kappa shape index (κ3) is 2.33. The maximum atomic E-state index is 12.7. The molecule has 5 nitrogen and oxygen atoms in total. The minimum atomic E-state index is -0.461. The number of nitrogen functional groups attached to an aromatic ring is 1. The zero-order valence-corrected chi connectivity index (χ0v) is 13.1. The zero-order chi connectivity index (χ0) is 16.7. The fraction of sp³-hybridized carbons (Fsp3) is 0.176. The summed E-state index contributed by atoms with van der Waals surface area (Å²) >= 11 is 5.92. The first-order valence-electron chi connectivity index (χ1n) is 7.12. The van der Waals surface area contributed by atoms with Gasteiger partial charge >= 0.3 is 0 Å². The highest BCUT2D eigenvalue weighted by atomic mass is 35.5. The van der Waals surface area contributed by atoms with Gasteiger partial charge in [-0.15, -0.1) is 0 Å². The van der Waals surface area contributed by atoms with E-state index in [1.807, 2.05) is 6.92 Å². The molecule has 0 bridgehead atoms. The Hall–Kier alpha value is -2.53. The van der Waals surface area contributed by atoms with Crippen molar-refractivity contribution < 1.29 is 19.4 Å². The molecule has 0 spiro atoms. The summed E-state index contributed by atoms with van der Waals surface area (Å²) in [6.07, 6.45) is 0.739. The second-order valence-electron chi connectivity index (χ2n) is 5.25. The number of rotatable bonds is 3. The summed E-state index contributed by atoms with van der Waals surface area (Å²) in [6.45, 7) is 2.30. The van der Waals surface area contributed by atoms with Crippen molar-refractivity contribution in [3.8, 4) is 11.5 Å². The molecule has 23 heavy (non-hydrogen) atoms. The fourth-order valence-corrected chi connectivity index (χ4v) is 2.80. The SMILES string of the molecule is CCCOc1cc(O)c2c(c1N)C(=O)c1cc(Cl)ccc1C2=O. The molecule has 3 N–H and O–H groups in total. The first-order valence-corrected chi connectivity index (χ1v) is 7.50. The monoisotopic (exact) mass is 331 g/mol. The third-order valence-corrected chi connectivity index (χ3v) is 3.93. The van der Waals surface area contributed by atoms with Crippen molar-refractivity contribution in [2.45, 2.75) is 13.3 Å². The lowest BCUT2D eigenvalue weighted by atomic mass is 9.82. The van der Waals surface area contributed by atoms with Crippen LogP contribution in [0, 0.1) is 0 Å². The molecule has 3 rings (SSSR count). The van der Waals surface area contributed by atoms with Crippen LogP contribution in [0.5, 0.6) is 11.5 Å². The van der Waals surface area contributed by atoms with Gasteiger partial charge in [0.2, 0.25) is 0 Å². The summed E-state index contributed by atoms with van der Waals surface area (Å²) in [5, 5.41) is 10.5. The van der Waals surface area contributed by atoms with Crippen LogP contribution in [-0.4, -0.2) is 23.3 Å². The van der Waals surface area contributed by atoms with Gasteiger partial charge in [-0.05, 0) is 24.6 Å². The number of hydrogen-bond donors (Lipinski definition) is 2. The van der Waals surface area contributed by atoms with Crippen molar-refractivity contribution in [2.75, 3.05) is 12.3 Å². The summed E-state index contributed by atoms with van der Waals surface area (Å²) in [4.78, 5) is 25.4. The molecular weight excluding hydrogens is 318 g/mol. The molecular formula is C17H14ClNO4. The quantitative estimate of drug-likeness (QED) is 0.568. The molecule has 0 radical (unpaired) electrons. The second-order valence-corrected chi connectivity index (χ2v) is 5.69. The molecule has 0 atom stereocenters. The number of carbonyl (C=O) groups is 2. The van der Waals surface area contributed by atoms with Crippen LogP contribution in [0.3, 0.4) is 0 Å². The Morgan fingerprint density at radius 2 is 1.83 bits per heavy atom. The smallest absolute Gasteiger partial charge is 0.198 e. The number of phenols is 1. The van der Waals surface area contributed by atoms with Crippen LogP contribution in [0.15, 0.2) is 24.3 Å².